The van der Waals surface area contributed by atoms with E-state index in [0.717, 1.165) is 22.5 Å². The zero-order chi connectivity index (χ0) is 14.5. The lowest BCUT2D eigenvalue weighted by atomic mass is 10.1. The number of aromatic amines is 1. The predicted octanol–water partition coefficient (Wildman–Crippen LogP) is 1.33. The van der Waals surface area contributed by atoms with Gasteiger partial charge in [-0.2, -0.15) is 5.10 Å². The van der Waals surface area contributed by atoms with Gasteiger partial charge in [0.1, 0.15) is 0 Å². The molecule has 106 valence electrons. The van der Waals surface area contributed by atoms with Gasteiger partial charge in [0.05, 0.1) is 24.2 Å². The van der Waals surface area contributed by atoms with Gasteiger partial charge in [0, 0.05) is 36.3 Å². The number of nitrogens with zero attached hydrogens (tertiary/aromatic N) is 4. The topological polar surface area (TPSA) is 99.6 Å². The van der Waals surface area contributed by atoms with Gasteiger partial charge in [-0.05, 0) is 18.2 Å². The molecular formula is C14H14N6O. The summed E-state index contributed by atoms with van der Waals surface area (Å²) in [5.41, 5.74) is 3.51. The Morgan fingerprint density at radius 2 is 2.00 bits per heavy atom. The van der Waals surface area contributed by atoms with Gasteiger partial charge in [-0.1, -0.05) is 0 Å². The van der Waals surface area contributed by atoms with Gasteiger partial charge in [0.25, 0.3) is 0 Å². The Balaban J connectivity index is 1.97. The second-order valence-corrected chi connectivity index (χ2v) is 4.31. The van der Waals surface area contributed by atoms with E-state index in [0.29, 0.717) is 12.5 Å². The van der Waals surface area contributed by atoms with Crippen molar-refractivity contribution in [2.75, 3.05) is 18.5 Å². The minimum atomic E-state index is 0.0293. The van der Waals surface area contributed by atoms with Crippen LogP contribution in [0.1, 0.15) is 0 Å². The predicted molar refractivity (Wildman–Crippen MR) is 78.4 cm³/mol. The van der Waals surface area contributed by atoms with Crippen LogP contribution in [0.2, 0.25) is 0 Å². The number of hydrogen-bond donors (Lipinski definition) is 3. The molecule has 3 heterocycles. The number of aromatic nitrogens is 5. The molecule has 0 bridgehead atoms. The highest BCUT2D eigenvalue weighted by atomic mass is 16.3. The molecule has 0 spiro atoms. The minimum Gasteiger partial charge on any atom is -0.395 e. The van der Waals surface area contributed by atoms with Crippen LogP contribution in [-0.4, -0.2) is 43.4 Å². The van der Waals surface area contributed by atoms with Gasteiger partial charge < -0.3 is 10.4 Å². The van der Waals surface area contributed by atoms with Gasteiger partial charge in [0.15, 0.2) is 0 Å². The van der Waals surface area contributed by atoms with Crippen molar-refractivity contribution < 1.29 is 5.11 Å². The number of aliphatic hydroxyl groups excluding tert-OH is 1. The Bertz CT molecular complexity index is 712. The van der Waals surface area contributed by atoms with Crippen molar-refractivity contribution in [2.45, 2.75) is 0 Å². The molecule has 0 saturated heterocycles. The number of aliphatic hydroxyl groups is 1. The zero-order valence-electron chi connectivity index (χ0n) is 11.2. The molecule has 7 nitrogen and oxygen atoms in total. The maximum Gasteiger partial charge on any atom is 0.223 e. The zero-order valence-corrected chi connectivity index (χ0v) is 11.2. The van der Waals surface area contributed by atoms with Crippen molar-refractivity contribution >= 4 is 5.95 Å². The van der Waals surface area contributed by atoms with Crippen molar-refractivity contribution in [3.8, 4) is 22.5 Å². The fraction of sp³-hybridized carbons (Fsp3) is 0.143. The fourth-order valence-corrected chi connectivity index (χ4v) is 1.98. The maximum atomic E-state index is 8.83. The Hall–Kier alpha value is -2.80. The Kier molecular flexibility index (Phi) is 3.83. The third-order valence-corrected chi connectivity index (χ3v) is 2.93. The molecular weight excluding hydrogens is 268 g/mol. The molecule has 0 amide bonds. The molecule has 3 rings (SSSR count). The summed E-state index contributed by atoms with van der Waals surface area (Å²) in [6.45, 7) is 0.438. The van der Waals surface area contributed by atoms with E-state index in [4.69, 9.17) is 5.11 Å². The molecule has 3 aromatic heterocycles. The van der Waals surface area contributed by atoms with Crippen LogP contribution >= 0.6 is 0 Å². The molecule has 0 fully saturated rings. The normalized spacial score (nSPS) is 10.5. The van der Waals surface area contributed by atoms with Gasteiger partial charge in [-0.15, -0.1) is 0 Å². The van der Waals surface area contributed by atoms with Gasteiger partial charge in [0.2, 0.25) is 5.95 Å². The highest BCUT2D eigenvalue weighted by molar-refractivity contribution is 5.78. The van der Waals surface area contributed by atoms with Crippen LogP contribution in [-0.2, 0) is 0 Å². The number of hydrogen-bond acceptors (Lipinski definition) is 6. The first kappa shape index (κ1) is 13.2. The molecule has 21 heavy (non-hydrogen) atoms. The number of pyridine rings is 1. The lowest BCUT2D eigenvalue weighted by Gasteiger charge is -2.06. The molecule has 7 heteroatoms. The number of nitrogens with one attached hydrogen (secondary N) is 2. The lowest BCUT2D eigenvalue weighted by molar-refractivity contribution is 0.311. The summed E-state index contributed by atoms with van der Waals surface area (Å²) >= 11 is 0. The third-order valence-electron chi connectivity index (χ3n) is 2.93. The average molecular weight is 282 g/mol. The number of H-pyrrole nitrogens is 1. The first-order chi connectivity index (χ1) is 10.4. The van der Waals surface area contributed by atoms with Gasteiger partial charge >= 0.3 is 0 Å². The summed E-state index contributed by atoms with van der Waals surface area (Å²) in [5.74, 6) is 0.475. The van der Waals surface area contributed by atoms with E-state index in [-0.39, 0.29) is 6.61 Å². The summed E-state index contributed by atoms with van der Waals surface area (Å²) in [6.07, 6.45) is 6.86. The van der Waals surface area contributed by atoms with Crippen LogP contribution in [0.15, 0.2) is 43.0 Å². The fourth-order valence-electron chi connectivity index (χ4n) is 1.98. The monoisotopic (exact) mass is 282 g/mol. The van der Waals surface area contributed by atoms with Crippen LogP contribution < -0.4 is 5.32 Å². The molecule has 3 aromatic rings. The molecule has 0 saturated carbocycles. The van der Waals surface area contributed by atoms with Gasteiger partial charge in [-0.3, -0.25) is 10.1 Å². The summed E-state index contributed by atoms with van der Waals surface area (Å²) in [4.78, 5) is 12.6. The first-order valence-corrected chi connectivity index (χ1v) is 6.50. The van der Waals surface area contributed by atoms with Gasteiger partial charge in [-0.25, -0.2) is 9.97 Å². The standard InChI is InChI=1S/C14H14N6O/c21-8-7-17-14-16-6-3-12(19-14)11-9-18-20-13(11)10-1-4-15-5-2-10/h1-6,9,21H,7-8H2,(H,18,20)(H,16,17,19). The van der Waals surface area contributed by atoms with E-state index in [1.54, 1.807) is 24.8 Å². The highest BCUT2D eigenvalue weighted by Crippen LogP contribution is 2.28. The quantitative estimate of drug-likeness (QED) is 0.653. The molecule has 0 aliphatic carbocycles. The second kappa shape index (κ2) is 6.10. The highest BCUT2D eigenvalue weighted by Gasteiger charge is 2.11. The Morgan fingerprint density at radius 1 is 1.14 bits per heavy atom. The summed E-state index contributed by atoms with van der Waals surface area (Å²) < 4.78 is 0. The molecule has 0 atom stereocenters. The first-order valence-electron chi connectivity index (χ1n) is 6.50. The van der Waals surface area contributed by atoms with Crippen LogP contribution in [0.25, 0.3) is 22.5 Å². The Morgan fingerprint density at radius 3 is 2.81 bits per heavy atom. The van der Waals surface area contributed by atoms with E-state index in [2.05, 4.69) is 30.5 Å². The molecule has 0 aliphatic rings. The van der Waals surface area contributed by atoms with E-state index < -0.39 is 0 Å². The summed E-state index contributed by atoms with van der Waals surface area (Å²) in [6, 6.07) is 5.63. The smallest absolute Gasteiger partial charge is 0.223 e. The van der Waals surface area contributed by atoms with Crippen molar-refractivity contribution in [3.63, 3.8) is 0 Å². The molecule has 0 aliphatic heterocycles. The largest absolute Gasteiger partial charge is 0.395 e. The van der Waals surface area contributed by atoms with Crippen molar-refractivity contribution in [1.82, 2.24) is 25.1 Å². The van der Waals surface area contributed by atoms with Crippen molar-refractivity contribution in [3.05, 3.63) is 43.0 Å². The number of anilines is 1. The van der Waals surface area contributed by atoms with E-state index in [9.17, 15) is 0 Å². The van der Waals surface area contributed by atoms with Crippen molar-refractivity contribution in [2.24, 2.45) is 0 Å². The Labute approximate surface area is 121 Å². The third kappa shape index (κ3) is 2.87. The number of rotatable bonds is 5. The van der Waals surface area contributed by atoms with E-state index >= 15 is 0 Å². The van der Waals surface area contributed by atoms with E-state index in [1.807, 2.05) is 18.2 Å². The van der Waals surface area contributed by atoms with Crippen LogP contribution in [0.3, 0.4) is 0 Å². The molecule has 3 N–H and O–H groups in total. The molecule has 0 radical (unpaired) electrons. The lowest BCUT2D eigenvalue weighted by Crippen LogP contribution is -2.08. The summed E-state index contributed by atoms with van der Waals surface area (Å²) in [7, 11) is 0. The van der Waals surface area contributed by atoms with Crippen LogP contribution in [0, 0.1) is 0 Å². The SMILES string of the molecule is OCCNc1nccc(-c2cn[nH]c2-c2ccncc2)n1. The van der Waals surface area contributed by atoms with E-state index in [1.165, 1.54) is 0 Å². The maximum absolute atomic E-state index is 8.83. The van der Waals surface area contributed by atoms with Crippen molar-refractivity contribution in [1.29, 1.82) is 0 Å². The average Bonchev–Trinajstić information content (AvgIpc) is 3.04. The minimum absolute atomic E-state index is 0.0293. The second-order valence-electron chi connectivity index (χ2n) is 4.31. The van der Waals surface area contributed by atoms with Crippen LogP contribution in [0.4, 0.5) is 5.95 Å². The molecule has 0 aromatic carbocycles. The van der Waals surface area contributed by atoms with Crippen LogP contribution in [0.5, 0.6) is 0 Å². The summed E-state index contributed by atoms with van der Waals surface area (Å²) in [5, 5.41) is 18.9. The molecule has 0 unspecified atom stereocenters.